The molecular formula is C43H45N5O7. The fourth-order valence-corrected chi connectivity index (χ4v) is 8.16. The van der Waals surface area contributed by atoms with Gasteiger partial charge in [-0.25, -0.2) is 0 Å². The third kappa shape index (κ3) is 7.62. The van der Waals surface area contributed by atoms with Crippen LogP contribution in [0.2, 0.25) is 0 Å². The maximum Gasteiger partial charge on any atom is 0.248 e. The molecule has 0 aliphatic carbocycles. The molecule has 284 valence electrons. The second-order valence-electron chi connectivity index (χ2n) is 14.0. The van der Waals surface area contributed by atoms with Crippen molar-refractivity contribution in [2.24, 2.45) is 5.73 Å². The smallest absolute Gasteiger partial charge is 0.248 e. The molecule has 55 heavy (non-hydrogen) atoms. The first-order valence-corrected chi connectivity index (χ1v) is 18.5. The normalized spacial score (nSPS) is 19.3. The Morgan fingerprint density at radius 1 is 0.745 bits per heavy atom. The minimum absolute atomic E-state index is 0.0472. The summed E-state index contributed by atoms with van der Waals surface area (Å²) in [6.07, 6.45) is 6.82. The highest BCUT2D eigenvalue weighted by Crippen LogP contribution is 2.44. The van der Waals surface area contributed by atoms with E-state index in [-0.39, 0.29) is 41.7 Å². The lowest BCUT2D eigenvalue weighted by atomic mass is 9.96. The molecule has 3 fully saturated rings. The molecule has 4 heterocycles. The fraction of sp³-hybridized carbons (Fsp3) is 0.326. The van der Waals surface area contributed by atoms with Gasteiger partial charge in [-0.3, -0.25) is 14.4 Å². The van der Waals surface area contributed by atoms with Gasteiger partial charge < -0.3 is 34.5 Å². The van der Waals surface area contributed by atoms with E-state index in [1.54, 1.807) is 31.3 Å². The van der Waals surface area contributed by atoms with Crippen molar-refractivity contribution in [2.75, 3.05) is 27.3 Å². The fourth-order valence-electron chi connectivity index (χ4n) is 8.16. The second-order valence-corrected chi connectivity index (χ2v) is 14.0. The van der Waals surface area contributed by atoms with Gasteiger partial charge >= 0.3 is 0 Å². The molecular weight excluding hydrogens is 699 g/mol. The van der Waals surface area contributed by atoms with Gasteiger partial charge in [-0.2, -0.15) is 0 Å². The number of hydrogen-bond acceptors (Lipinski definition) is 9. The molecule has 3 aromatic carbocycles. The lowest BCUT2D eigenvalue weighted by Gasteiger charge is -2.38. The molecule has 0 spiro atoms. The van der Waals surface area contributed by atoms with Gasteiger partial charge in [0.15, 0.2) is 0 Å². The zero-order chi connectivity index (χ0) is 38.6. The van der Waals surface area contributed by atoms with Crippen LogP contribution in [0.5, 0.6) is 23.0 Å². The number of hydrogen-bond donors (Lipinski definition) is 1. The first-order chi connectivity index (χ1) is 26.7. The Morgan fingerprint density at radius 2 is 1.44 bits per heavy atom. The Bertz CT molecular complexity index is 2110. The Balaban J connectivity index is 1.25. The van der Waals surface area contributed by atoms with E-state index in [1.165, 1.54) is 12.2 Å². The Kier molecular flexibility index (Phi) is 10.8. The SMILES string of the molecule is C=CC(=O)N1CCC(Oc2cc(-c3ccccc3OC)nnc2-c2cccc(-c3cc(OC4CC5CCC(C4)N5C(=O)C=C)cc(C(N)=O)c3)c2OC)CC1. The number of nitrogens with zero attached hydrogens (tertiary/aromatic N) is 4. The number of aromatic nitrogens is 2. The Hall–Kier alpha value is -6.17. The number of benzene rings is 3. The molecule has 12 nitrogen and oxygen atoms in total. The van der Waals surface area contributed by atoms with Gasteiger partial charge in [0, 0.05) is 79.2 Å². The van der Waals surface area contributed by atoms with Crippen LogP contribution >= 0.6 is 0 Å². The van der Waals surface area contributed by atoms with E-state index in [9.17, 15) is 14.4 Å². The maximum atomic E-state index is 12.7. The monoisotopic (exact) mass is 743 g/mol. The summed E-state index contributed by atoms with van der Waals surface area (Å²) in [5, 5.41) is 9.36. The van der Waals surface area contributed by atoms with Gasteiger partial charge in [-0.1, -0.05) is 37.4 Å². The van der Waals surface area contributed by atoms with Crippen molar-refractivity contribution >= 4 is 17.7 Å². The summed E-state index contributed by atoms with van der Waals surface area (Å²) in [6.45, 7) is 8.38. The number of carbonyl (C=O) groups excluding carboxylic acids is 3. The van der Waals surface area contributed by atoms with Gasteiger partial charge in [-0.05, 0) is 67.0 Å². The molecule has 0 radical (unpaired) electrons. The van der Waals surface area contributed by atoms with Crippen LogP contribution in [0.4, 0.5) is 0 Å². The van der Waals surface area contributed by atoms with E-state index < -0.39 is 5.91 Å². The Morgan fingerprint density at radius 3 is 2.11 bits per heavy atom. The molecule has 4 aromatic rings. The summed E-state index contributed by atoms with van der Waals surface area (Å²) in [5.74, 6) is 1.37. The molecule has 1 aromatic heterocycles. The highest BCUT2D eigenvalue weighted by atomic mass is 16.5. The number of methoxy groups -OCH3 is 2. The van der Waals surface area contributed by atoms with Crippen LogP contribution in [0.1, 0.15) is 48.9 Å². The second kappa shape index (κ2) is 16.1. The minimum Gasteiger partial charge on any atom is -0.496 e. The van der Waals surface area contributed by atoms with Gasteiger partial charge in [0.1, 0.15) is 46.6 Å². The number of primary amides is 1. The summed E-state index contributed by atoms with van der Waals surface area (Å²) in [6, 6.07) is 20.5. The van der Waals surface area contributed by atoms with E-state index in [1.807, 2.05) is 59.5 Å². The van der Waals surface area contributed by atoms with Crippen molar-refractivity contribution in [3.05, 3.63) is 97.6 Å². The van der Waals surface area contributed by atoms with Gasteiger partial charge in [0.25, 0.3) is 0 Å². The maximum absolute atomic E-state index is 12.7. The standard InChI is InChI=1S/C43H45N5O7/c1-5-39(49)47-18-16-30(17-19-47)55-38-25-36(34-10-7-8-13-37(34)52-3)45-46-41(38)35-12-9-11-33(42(35)53-4)26-20-27(43(44)51)22-31(21-26)54-32-23-28-14-15-29(24-32)48(28)40(50)6-2/h5-13,20-22,25,28-30,32H,1-2,14-19,23-24H2,3-4H3,(H2,44,51). The molecule has 2 N–H and O–H groups in total. The average Bonchev–Trinajstić information content (AvgIpc) is 3.49. The molecule has 3 aliphatic heterocycles. The predicted octanol–water partition coefficient (Wildman–Crippen LogP) is 6.24. The van der Waals surface area contributed by atoms with Crippen LogP contribution in [0.15, 0.2) is 92.0 Å². The number of likely N-dealkylation sites (tertiary alicyclic amines) is 1. The number of rotatable bonds is 12. The van der Waals surface area contributed by atoms with Crippen molar-refractivity contribution < 1.29 is 33.3 Å². The summed E-state index contributed by atoms with van der Waals surface area (Å²) in [7, 11) is 3.19. The van der Waals surface area contributed by atoms with E-state index >= 15 is 0 Å². The van der Waals surface area contributed by atoms with Crippen LogP contribution < -0.4 is 24.7 Å². The van der Waals surface area contributed by atoms with E-state index in [4.69, 9.17) is 29.8 Å². The number of nitrogens with two attached hydrogens (primary N) is 1. The molecule has 7 rings (SSSR count). The molecule has 2 bridgehead atoms. The van der Waals surface area contributed by atoms with Crippen molar-refractivity contribution in [1.82, 2.24) is 20.0 Å². The van der Waals surface area contributed by atoms with Gasteiger partial charge in [-0.15, -0.1) is 10.2 Å². The largest absolute Gasteiger partial charge is 0.496 e. The number of amides is 3. The lowest BCUT2D eigenvalue weighted by Crippen LogP contribution is -2.48. The third-order valence-corrected chi connectivity index (χ3v) is 10.8. The van der Waals surface area contributed by atoms with Crippen molar-refractivity contribution in [1.29, 1.82) is 0 Å². The first kappa shape index (κ1) is 37.2. The summed E-state index contributed by atoms with van der Waals surface area (Å²) in [4.78, 5) is 41.2. The summed E-state index contributed by atoms with van der Waals surface area (Å²) in [5.41, 5.74) is 9.87. The van der Waals surface area contributed by atoms with Gasteiger partial charge in [0.05, 0.1) is 14.2 Å². The van der Waals surface area contributed by atoms with E-state index in [2.05, 4.69) is 18.3 Å². The Labute approximate surface area is 320 Å². The van der Waals surface area contributed by atoms with Crippen LogP contribution in [0, 0.1) is 0 Å². The summed E-state index contributed by atoms with van der Waals surface area (Å²) < 4.78 is 25.0. The highest BCUT2D eigenvalue weighted by Gasteiger charge is 2.43. The zero-order valence-corrected chi connectivity index (χ0v) is 31.1. The van der Waals surface area contributed by atoms with Crippen molar-refractivity contribution in [3.8, 4) is 56.6 Å². The van der Waals surface area contributed by atoms with Crippen LogP contribution in [-0.2, 0) is 9.59 Å². The average molecular weight is 744 g/mol. The third-order valence-electron chi connectivity index (χ3n) is 10.8. The molecule has 0 saturated carbocycles. The molecule has 12 heteroatoms. The van der Waals surface area contributed by atoms with E-state index in [0.717, 1.165) is 18.4 Å². The van der Waals surface area contributed by atoms with Crippen LogP contribution in [0.3, 0.4) is 0 Å². The topological polar surface area (TPSA) is 146 Å². The van der Waals surface area contributed by atoms with Crippen molar-refractivity contribution in [3.63, 3.8) is 0 Å². The molecule has 3 saturated heterocycles. The van der Waals surface area contributed by atoms with Crippen LogP contribution in [-0.4, -0.2) is 89.3 Å². The number of fused-ring (bicyclic) bond motifs is 2. The quantitative estimate of drug-likeness (QED) is 0.167. The lowest BCUT2D eigenvalue weighted by molar-refractivity contribution is -0.131. The predicted molar refractivity (Wildman–Crippen MR) is 208 cm³/mol. The number of ether oxygens (including phenoxy) is 4. The number of piperidine rings is 2. The van der Waals surface area contributed by atoms with Gasteiger partial charge in [0.2, 0.25) is 17.7 Å². The minimum atomic E-state index is -0.595. The first-order valence-electron chi connectivity index (χ1n) is 18.5. The number of para-hydroxylation sites is 2. The van der Waals surface area contributed by atoms with Crippen molar-refractivity contribution in [2.45, 2.75) is 62.8 Å². The molecule has 2 atom stereocenters. The number of carbonyl (C=O) groups is 3. The molecule has 2 unspecified atom stereocenters. The summed E-state index contributed by atoms with van der Waals surface area (Å²) >= 11 is 0. The van der Waals surface area contributed by atoms with Crippen LogP contribution in [0.25, 0.3) is 33.6 Å². The highest BCUT2D eigenvalue weighted by molar-refractivity contribution is 5.95. The zero-order valence-electron chi connectivity index (χ0n) is 31.1. The van der Waals surface area contributed by atoms with E-state index in [0.29, 0.717) is 89.8 Å². The molecule has 3 amide bonds. The molecule has 3 aliphatic rings.